The largest absolute Gasteiger partial charge is 0.482 e. The fourth-order valence-corrected chi connectivity index (χ4v) is 3.58. The van der Waals surface area contributed by atoms with Gasteiger partial charge in [0.15, 0.2) is 0 Å². The molecule has 1 aliphatic rings. The second-order valence-corrected chi connectivity index (χ2v) is 7.10. The molecule has 1 aliphatic heterocycles. The van der Waals surface area contributed by atoms with Crippen LogP contribution in [-0.4, -0.2) is 5.60 Å². The van der Waals surface area contributed by atoms with Gasteiger partial charge in [-0.3, -0.25) is 0 Å². The lowest BCUT2D eigenvalue weighted by Crippen LogP contribution is -2.29. The molecule has 2 aromatic rings. The Balaban J connectivity index is 1.98. The summed E-state index contributed by atoms with van der Waals surface area (Å²) in [6, 6.07) is 20.9. The van der Waals surface area contributed by atoms with Gasteiger partial charge in [0.1, 0.15) is 11.4 Å². The van der Waals surface area contributed by atoms with Gasteiger partial charge in [0.05, 0.1) is 0 Å². The second kappa shape index (κ2) is 7.74. The lowest BCUT2D eigenvalue weighted by molar-refractivity contribution is 0.0824. The van der Waals surface area contributed by atoms with E-state index in [0.29, 0.717) is 5.92 Å². The maximum atomic E-state index is 6.55. The van der Waals surface area contributed by atoms with Crippen molar-refractivity contribution in [2.24, 2.45) is 5.92 Å². The molecule has 0 aromatic heterocycles. The van der Waals surface area contributed by atoms with Crippen LogP contribution in [0.4, 0.5) is 0 Å². The Hall–Kier alpha value is -2.28. The average molecular weight is 332 g/mol. The lowest BCUT2D eigenvalue weighted by atomic mass is 9.83. The molecule has 0 fully saturated rings. The molecule has 0 saturated heterocycles. The summed E-state index contributed by atoms with van der Waals surface area (Å²) < 4.78 is 6.55. The van der Waals surface area contributed by atoms with E-state index in [0.717, 1.165) is 17.7 Å². The zero-order valence-electron chi connectivity index (χ0n) is 15.5. The molecular weight excluding hydrogens is 304 g/mol. The third-order valence-electron chi connectivity index (χ3n) is 5.25. The molecule has 0 radical (unpaired) electrons. The molecule has 1 nitrogen and oxygen atoms in total. The SMILES string of the molecule is CCC(CC)C[C@@]1(C)OC(c2ccccc2)=C/C1=C\c1ccccc1. The predicted octanol–water partition coefficient (Wildman–Crippen LogP) is 6.73. The number of ether oxygens (including phenoxy) is 1. The van der Waals surface area contributed by atoms with Crippen molar-refractivity contribution >= 4 is 11.8 Å². The molecule has 3 rings (SSSR count). The van der Waals surface area contributed by atoms with Crippen LogP contribution in [0.5, 0.6) is 0 Å². The Bertz CT molecular complexity index is 738. The summed E-state index contributed by atoms with van der Waals surface area (Å²) in [6.07, 6.45) is 7.93. The molecule has 0 bridgehead atoms. The van der Waals surface area contributed by atoms with Crippen molar-refractivity contribution in [3.8, 4) is 0 Å². The van der Waals surface area contributed by atoms with Crippen LogP contribution < -0.4 is 0 Å². The summed E-state index contributed by atoms with van der Waals surface area (Å²) in [4.78, 5) is 0. The Labute approximate surface area is 152 Å². The third kappa shape index (κ3) is 4.04. The minimum Gasteiger partial charge on any atom is -0.482 e. The highest BCUT2D eigenvalue weighted by Crippen LogP contribution is 2.43. The predicted molar refractivity (Wildman–Crippen MR) is 107 cm³/mol. The molecule has 1 heterocycles. The first-order chi connectivity index (χ1) is 12.1. The molecule has 0 spiro atoms. The Morgan fingerprint density at radius 1 is 0.920 bits per heavy atom. The Morgan fingerprint density at radius 3 is 2.12 bits per heavy atom. The van der Waals surface area contributed by atoms with Crippen molar-refractivity contribution in [2.45, 2.75) is 45.6 Å². The highest BCUT2D eigenvalue weighted by atomic mass is 16.5. The minimum absolute atomic E-state index is 0.266. The third-order valence-corrected chi connectivity index (χ3v) is 5.25. The quantitative estimate of drug-likeness (QED) is 0.570. The zero-order chi connectivity index (χ0) is 17.7. The molecule has 0 saturated carbocycles. The maximum Gasteiger partial charge on any atom is 0.132 e. The number of hydrogen-bond donors (Lipinski definition) is 0. The second-order valence-electron chi connectivity index (χ2n) is 7.10. The highest BCUT2D eigenvalue weighted by Gasteiger charge is 2.38. The summed E-state index contributed by atoms with van der Waals surface area (Å²) in [5.74, 6) is 1.66. The number of rotatable bonds is 6. The van der Waals surface area contributed by atoms with Crippen molar-refractivity contribution in [3.05, 3.63) is 83.4 Å². The molecule has 2 aromatic carbocycles. The van der Waals surface area contributed by atoms with E-state index in [1.807, 2.05) is 6.07 Å². The van der Waals surface area contributed by atoms with Crippen molar-refractivity contribution in [1.29, 1.82) is 0 Å². The molecule has 130 valence electrons. The summed E-state index contributed by atoms with van der Waals surface area (Å²) in [5.41, 5.74) is 3.37. The van der Waals surface area contributed by atoms with Crippen LogP contribution in [0, 0.1) is 5.92 Å². The van der Waals surface area contributed by atoms with Gasteiger partial charge in [-0.15, -0.1) is 0 Å². The van der Waals surface area contributed by atoms with Crippen molar-refractivity contribution in [2.75, 3.05) is 0 Å². The van der Waals surface area contributed by atoms with Crippen molar-refractivity contribution in [1.82, 2.24) is 0 Å². The van der Waals surface area contributed by atoms with Crippen LogP contribution >= 0.6 is 0 Å². The first-order valence-corrected chi connectivity index (χ1v) is 9.38. The van der Waals surface area contributed by atoms with E-state index in [1.165, 1.54) is 24.0 Å². The lowest BCUT2D eigenvalue weighted by Gasteiger charge is -2.31. The number of hydrogen-bond acceptors (Lipinski definition) is 1. The van der Waals surface area contributed by atoms with Gasteiger partial charge in [-0.05, 0) is 42.6 Å². The fraction of sp³-hybridized carbons (Fsp3) is 0.333. The van der Waals surface area contributed by atoms with E-state index < -0.39 is 0 Å². The minimum atomic E-state index is -0.266. The summed E-state index contributed by atoms with van der Waals surface area (Å²) in [5, 5.41) is 0. The normalized spacial score (nSPS) is 21.4. The van der Waals surface area contributed by atoms with Crippen LogP contribution in [0.2, 0.25) is 0 Å². The molecule has 0 unspecified atom stereocenters. The van der Waals surface area contributed by atoms with Gasteiger partial charge in [0, 0.05) is 5.56 Å². The van der Waals surface area contributed by atoms with Crippen molar-refractivity contribution in [3.63, 3.8) is 0 Å². The van der Waals surface area contributed by atoms with E-state index in [1.54, 1.807) is 0 Å². The standard InChI is InChI=1S/C24H28O/c1-4-19(5-2)18-24(3)22(16-20-12-8-6-9-13-20)17-23(25-24)21-14-10-7-11-15-21/h6-17,19H,4-5,18H2,1-3H3/b22-16+/t24-/m1/s1. The van der Waals surface area contributed by atoms with Crippen LogP contribution in [0.15, 0.2) is 72.3 Å². The van der Waals surface area contributed by atoms with E-state index in [4.69, 9.17) is 4.74 Å². The van der Waals surface area contributed by atoms with Crippen molar-refractivity contribution < 1.29 is 4.74 Å². The first kappa shape index (κ1) is 17.5. The van der Waals surface area contributed by atoms with E-state index in [-0.39, 0.29) is 5.60 Å². The topological polar surface area (TPSA) is 9.23 Å². The molecule has 0 aliphatic carbocycles. The van der Waals surface area contributed by atoms with Gasteiger partial charge >= 0.3 is 0 Å². The smallest absolute Gasteiger partial charge is 0.132 e. The molecule has 0 N–H and O–H groups in total. The summed E-state index contributed by atoms with van der Waals surface area (Å²) >= 11 is 0. The van der Waals surface area contributed by atoms with Gasteiger partial charge in [0.2, 0.25) is 0 Å². The molecule has 1 heteroatoms. The van der Waals surface area contributed by atoms with Gasteiger partial charge in [-0.2, -0.15) is 0 Å². The van der Waals surface area contributed by atoms with E-state index in [9.17, 15) is 0 Å². The molecular formula is C24H28O. The average Bonchev–Trinajstić information content (AvgIpc) is 2.98. The highest BCUT2D eigenvalue weighted by molar-refractivity contribution is 5.72. The summed E-state index contributed by atoms with van der Waals surface area (Å²) in [7, 11) is 0. The van der Waals surface area contributed by atoms with Crippen LogP contribution in [0.1, 0.15) is 51.2 Å². The van der Waals surface area contributed by atoms with Gasteiger partial charge in [-0.25, -0.2) is 0 Å². The van der Waals surface area contributed by atoms with Gasteiger partial charge in [0.25, 0.3) is 0 Å². The monoisotopic (exact) mass is 332 g/mol. The van der Waals surface area contributed by atoms with E-state index in [2.05, 4.69) is 87.5 Å². The molecule has 1 atom stereocenters. The van der Waals surface area contributed by atoms with E-state index >= 15 is 0 Å². The Kier molecular flexibility index (Phi) is 5.43. The molecule has 0 amide bonds. The zero-order valence-corrected chi connectivity index (χ0v) is 15.5. The van der Waals surface area contributed by atoms with Gasteiger partial charge < -0.3 is 4.74 Å². The van der Waals surface area contributed by atoms with Gasteiger partial charge in [-0.1, -0.05) is 87.4 Å². The number of benzene rings is 2. The first-order valence-electron chi connectivity index (χ1n) is 9.38. The maximum absolute atomic E-state index is 6.55. The van der Waals surface area contributed by atoms with Crippen LogP contribution in [-0.2, 0) is 4.74 Å². The fourth-order valence-electron chi connectivity index (χ4n) is 3.58. The van der Waals surface area contributed by atoms with Crippen LogP contribution in [0.3, 0.4) is 0 Å². The van der Waals surface area contributed by atoms with Crippen LogP contribution in [0.25, 0.3) is 11.8 Å². The molecule has 25 heavy (non-hydrogen) atoms. The summed E-state index contributed by atoms with van der Waals surface area (Å²) in [6.45, 7) is 6.80. The Morgan fingerprint density at radius 2 is 1.52 bits per heavy atom.